The highest BCUT2D eigenvalue weighted by Crippen LogP contribution is 2.29. The molecule has 0 atom stereocenters. The van der Waals surface area contributed by atoms with E-state index in [4.69, 9.17) is 0 Å². The molecule has 20 heavy (non-hydrogen) atoms. The zero-order chi connectivity index (χ0) is 14.1. The minimum atomic E-state index is -0.421. The van der Waals surface area contributed by atoms with Crippen LogP contribution in [0.4, 0.5) is 11.4 Å². The van der Waals surface area contributed by atoms with Crippen molar-refractivity contribution in [2.45, 2.75) is 0 Å². The van der Waals surface area contributed by atoms with Crippen molar-refractivity contribution < 1.29 is 4.92 Å². The van der Waals surface area contributed by atoms with Gasteiger partial charge in [0.25, 0.3) is 5.69 Å². The molecule has 2 aromatic rings. The summed E-state index contributed by atoms with van der Waals surface area (Å²) in [6.07, 6.45) is 0. The molecule has 0 fully saturated rings. The Labute approximate surface area is 115 Å². The van der Waals surface area contributed by atoms with E-state index in [9.17, 15) is 10.1 Å². The zero-order valence-corrected chi connectivity index (χ0v) is 10.5. The molecule has 1 aliphatic rings. The van der Waals surface area contributed by atoms with Crippen LogP contribution in [0.3, 0.4) is 0 Å². The van der Waals surface area contributed by atoms with E-state index in [-0.39, 0.29) is 5.69 Å². The number of para-hydroxylation sites is 1. The van der Waals surface area contributed by atoms with E-state index in [1.807, 2.05) is 24.3 Å². The van der Waals surface area contributed by atoms with Gasteiger partial charge in [0.1, 0.15) is 5.84 Å². The second kappa shape index (κ2) is 4.62. The van der Waals surface area contributed by atoms with Crippen LogP contribution >= 0.6 is 0 Å². The molecule has 1 aliphatic heterocycles. The Morgan fingerprint density at radius 2 is 1.95 bits per heavy atom. The van der Waals surface area contributed by atoms with Crippen molar-refractivity contribution in [2.75, 3.05) is 0 Å². The predicted molar refractivity (Wildman–Crippen MR) is 77.9 cm³/mol. The molecule has 0 bridgehead atoms. The summed E-state index contributed by atoms with van der Waals surface area (Å²) in [6.45, 7) is 3.96. The van der Waals surface area contributed by atoms with Crippen molar-refractivity contribution in [3.63, 3.8) is 0 Å². The molecule has 2 aromatic carbocycles. The van der Waals surface area contributed by atoms with E-state index in [0.717, 1.165) is 16.9 Å². The number of benzene rings is 2. The lowest BCUT2D eigenvalue weighted by molar-refractivity contribution is -0.384. The van der Waals surface area contributed by atoms with E-state index in [1.54, 1.807) is 12.1 Å². The Morgan fingerprint density at radius 1 is 1.15 bits per heavy atom. The maximum atomic E-state index is 10.8. The van der Waals surface area contributed by atoms with Gasteiger partial charge in [-0.1, -0.05) is 36.9 Å². The Morgan fingerprint density at radius 3 is 2.75 bits per heavy atom. The van der Waals surface area contributed by atoms with Crippen molar-refractivity contribution in [1.29, 1.82) is 0 Å². The number of hydrogen-bond acceptors (Lipinski definition) is 4. The molecular formula is C15H11N3O2. The number of nitrogens with zero attached hydrogens (tertiary/aromatic N) is 2. The van der Waals surface area contributed by atoms with Crippen molar-refractivity contribution >= 4 is 22.9 Å². The van der Waals surface area contributed by atoms with Crippen LogP contribution in [0.15, 0.2) is 60.1 Å². The van der Waals surface area contributed by atoms with Crippen LogP contribution in [-0.4, -0.2) is 10.8 Å². The first-order valence-corrected chi connectivity index (χ1v) is 6.04. The van der Waals surface area contributed by atoms with E-state index >= 15 is 0 Å². The molecule has 3 rings (SSSR count). The number of nitro groups is 1. The fraction of sp³-hybridized carbons (Fsp3) is 0. The van der Waals surface area contributed by atoms with E-state index in [2.05, 4.69) is 16.9 Å². The van der Waals surface area contributed by atoms with Gasteiger partial charge < -0.3 is 5.32 Å². The Bertz CT molecular complexity index is 750. The fourth-order valence-corrected chi connectivity index (χ4v) is 2.09. The summed E-state index contributed by atoms with van der Waals surface area (Å²) in [6, 6.07) is 14.0. The molecule has 1 heterocycles. The summed E-state index contributed by atoms with van der Waals surface area (Å²) >= 11 is 0. The van der Waals surface area contributed by atoms with E-state index in [0.29, 0.717) is 11.4 Å². The lowest BCUT2D eigenvalue weighted by atomic mass is 10.1. The second-order valence-electron chi connectivity index (χ2n) is 4.39. The SMILES string of the molecule is C=C1NC(c2cccc([N+](=O)[O-])c2)=Nc2ccccc21. The minimum Gasteiger partial charge on any atom is -0.340 e. The molecular weight excluding hydrogens is 254 g/mol. The molecule has 0 aliphatic carbocycles. The van der Waals surface area contributed by atoms with Crippen LogP contribution in [0.25, 0.3) is 5.70 Å². The number of rotatable bonds is 2. The van der Waals surface area contributed by atoms with Gasteiger partial charge in [0, 0.05) is 29.0 Å². The number of fused-ring (bicyclic) bond motifs is 1. The number of nitro benzene ring substituents is 1. The molecule has 0 amide bonds. The monoisotopic (exact) mass is 265 g/mol. The van der Waals surface area contributed by atoms with Gasteiger partial charge in [0.05, 0.1) is 10.6 Å². The largest absolute Gasteiger partial charge is 0.340 e. The first-order chi connectivity index (χ1) is 9.65. The van der Waals surface area contributed by atoms with Gasteiger partial charge in [-0.05, 0) is 6.07 Å². The first kappa shape index (κ1) is 12.1. The number of amidine groups is 1. The molecule has 0 unspecified atom stereocenters. The molecule has 1 N–H and O–H groups in total. The summed E-state index contributed by atoms with van der Waals surface area (Å²) in [5, 5.41) is 13.9. The van der Waals surface area contributed by atoms with Crippen LogP contribution in [0.5, 0.6) is 0 Å². The van der Waals surface area contributed by atoms with Gasteiger partial charge in [-0.2, -0.15) is 0 Å². The summed E-state index contributed by atoms with van der Waals surface area (Å²) in [4.78, 5) is 14.9. The van der Waals surface area contributed by atoms with Crippen LogP contribution < -0.4 is 5.32 Å². The molecule has 5 heteroatoms. The maximum absolute atomic E-state index is 10.8. The molecule has 0 spiro atoms. The average Bonchev–Trinajstić information content (AvgIpc) is 2.47. The van der Waals surface area contributed by atoms with Crippen LogP contribution in [0.2, 0.25) is 0 Å². The van der Waals surface area contributed by atoms with Gasteiger partial charge in [0.2, 0.25) is 0 Å². The third kappa shape index (κ3) is 2.05. The zero-order valence-electron chi connectivity index (χ0n) is 10.5. The standard InChI is InChI=1S/C15H11N3O2/c1-10-13-7-2-3-8-14(13)17-15(16-10)11-5-4-6-12(9-11)18(19)20/h2-9H,1H2,(H,16,17). The summed E-state index contributed by atoms with van der Waals surface area (Å²) in [5.41, 5.74) is 3.17. The number of non-ortho nitro benzene ring substituents is 1. The van der Waals surface area contributed by atoms with Gasteiger partial charge in [-0.3, -0.25) is 10.1 Å². The predicted octanol–water partition coefficient (Wildman–Crippen LogP) is 3.25. The van der Waals surface area contributed by atoms with Gasteiger partial charge in [-0.25, -0.2) is 4.99 Å². The lowest BCUT2D eigenvalue weighted by Crippen LogP contribution is -2.25. The van der Waals surface area contributed by atoms with Crippen molar-refractivity contribution in [3.8, 4) is 0 Å². The van der Waals surface area contributed by atoms with E-state index < -0.39 is 4.92 Å². The maximum Gasteiger partial charge on any atom is 0.270 e. The third-order valence-corrected chi connectivity index (χ3v) is 3.06. The fourth-order valence-electron chi connectivity index (χ4n) is 2.09. The van der Waals surface area contributed by atoms with Crippen molar-refractivity contribution in [2.24, 2.45) is 4.99 Å². The average molecular weight is 265 g/mol. The Kier molecular flexibility index (Phi) is 2.80. The molecule has 0 saturated heterocycles. The molecule has 98 valence electrons. The first-order valence-electron chi connectivity index (χ1n) is 6.04. The Hall–Kier alpha value is -2.95. The highest BCUT2D eigenvalue weighted by molar-refractivity contribution is 6.08. The van der Waals surface area contributed by atoms with Crippen molar-refractivity contribution in [3.05, 3.63) is 76.4 Å². The molecule has 0 saturated carbocycles. The van der Waals surface area contributed by atoms with Crippen molar-refractivity contribution in [1.82, 2.24) is 5.32 Å². The highest BCUT2D eigenvalue weighted by Gasteiger charge is 2.17. The summed E-state index contributed by atoms with van der Waals surface area (Å²) < 4.78 is 0. The topological polar surface area (TPSA) is 67.5 Å². The Balaban J connectivity index is 2.08. The van der Waals surface area contributed by atoms with Crippen LogP contribution in [0.1, 0.15) is 11.1 Å². The molecule has 5 nitrogen and oxygen atoms in total. The normalized spacial score (nSPS) is 13.2. The van der Waals surface area contributed by atoms with Gasteiger partial charge in [-0.15, -0.1) is 0 Å². The lowest BCUT2D eigenvalue weighted by Gasteiger charge is -2.19. The summed E-state index contributed by atoms with van der Waals surface area (Å²) in [5.74, 6) is 0.567. The smallest absolute Gasteiger partial charge is 0.270 e. The van der Waals surface area contributed by atoms with Crippen LogP contribution in [-0.2, 0) is 0 Å². The van der Waals surface area contributed by atoms with E-state index in [1.165, 1.54) is 12.1 Å². The quantitative estimate of drug-likeness (QED) is 0.669. The number of aliphatic imine (C=N–C) groups is 1. The number of hydrogen-bond donors (Lipinski definition) is 1. The third-order valence-electron chi connectivity index (χ3n) is 3.06. The molecule has 0 radical (unpaired) electrons. The van der Waals surface area contributed by atoms with Gasteiger partial charge in [0.15, 0.2) is 0 Å². The molecule has 0 aromatic heterocycles. The van der Waals surface area contributed by atoms with Crippen LogP contribution in [0, 0.1) is 10.1 Å². The number of nitrogens with one attached hydrogen (secondary N) is 1. The minimum absolute atomic E-state index is 0.0384. The highest BCUT2D eigenvalue weighted by atomic mass is 16.6. The van der Waals surface area contributed by atoms with Gasteiger partial charge >= 0.3 is 0 Å². The second-order valence-corrected chi connectivity index (χ2v) is 4.39. The summed E-state index contributed by atoms with van der Waals surface area (Å²) in [7, 11) is 0.